The summed E-state index contributed by atoms with van der Waals surface area (Å²) in [7, 11) is 1.27. The molecule has 0 aliphatic carbocycles. The lowest BCUT2D eigenvalue weighted by Gasteiger charge is -2.28. The van der Waals surface area contributed by atoms with Crippen LogP contribution in [0.5, 0.6) is 17.2 Å². The molecule has 0 fully saturated rings. The number of carbonyl (C=O) groups excluding carboxylic acids is 2. The van der Waals surface area contributed by atoms with Gasteiger partial charge < -0.3 is 34.7 Å². The summed E-state index contributed by atoms with van der Waals surface area (Å²) in [5, 5.41) is 21.1. The van der Waals surface area contributed by atoms with Gasteiger partial charge in [0.05, 0.1) is 31.5 Å². The van der Waals surface area contributed by atoms with Gasteiger partial charge in [0.2, 0.25) is 0 Å². The number of ether oxygens (including phenoxy) is 4. The predicted octanol–water partition coefficient (Wildman–Crippen LogP) is 5.82. The molecule has 11 nitrogen and oxygen atoms in total. The Bertz CT molecular complexity index is 1680. The number of nitrogens with zero attached hydrogens (tertiary/aromatic N) is 1. The Labute approximate surface area is 283 Å². The first kappa shape index (κ1) is 35.1. The van der Waals surface area contributed by atoms with Gasteiger partial charge >= 0.3 is 12.0 Å². The summed E-state index contributed by atoms with van der Waals surface area (Å²) in [5.41, 5.74) is 6.37. The Morgan fingerprint density at radius 1 is 1.06 bits per heavy atom. The number of amides is 2. The minimum atomic E-state index is -1.15. The fourth-order valence-electron chi connectivity index (χ4n) is 4.75. The molecule has 1 aliphatic rings. The van der Waals surface area contributed by atoms with E-state index in [1.54, 1.807) is 49.5 Å². The van der Waals surface area contributed by atoms with Gasteiger partial charge in [0.25, 0.3) is 0 Å². The maximum atomic E-state index is 12.5. The van der Waals surface area contributed by atoms with Gasteiger partial charge in [0, 0.05) is 21.3 Å². The highest BCUT2D eigenvalue weighted by Gasteiger charge is 2.32. The van der Waals surface area contributed by atoms with Crippen LogP contribution in [0.2, 0.25) is 10.0 Å². The van der Waals surface area contributed by atoms with Crippen molar-refractivity contribution in [2.24, 2.45) is 5.10 Å². The van der Waals surface area contributed by atoms with E-state index in [0.29, 0.717) is 51.6 Å². The van der Waals surface area contributed by atoms with Gasteiger partial charge in [-0.1, -0.05) is 41.4 Å². The number of nitrogens with one attached hydrogen (secondary N) is 3. The number of carbonyl (C=O) groups is 2. The Morgan fingerprint density at radius 3 is 2.57 bits per heavy atom. The third kappa shape index (κ3) is 9.41. The largest absolute Gasteiger partial charge is 0.490 e. The zero-order valence-corrected chi connectivity index (χ0v) is 27.7. The molecule has 2 amide bonds. The highest BCUT2D eigenvalue weighted by Crippen LogP contribution is 2.35. The van der Waals surface area contributed by atoms with Crippen molar-refractivity contribution in [1.29, 1.82) is 0 Å². The number of hydrogen-bond acceptors (Lipinski definition) is 9. The fraction of sp³-hybridized carbons (Fsp3) is 0.265. The number of hydrazone groups is 1. The number of benzene rings is 3. The van der Waals surface area contributed by atoms with Gasteiger partial charge in [0.1, 0.15) is 19.0 Å². The molecule has 1 aliphatic heterocycles. The molecule has 4 N–H and O–H groups in total. The first-order valence-electron chi connectivity index (χ1n) is 14.7. The second-order valence-electron chi connectivity index (χ2n) is 10.3. The highest BCUT2D eigenvalue weighted by atomic mass is 35.5. The SMILES string of the molecule is C=CCc1cc(/C=N\N[C@H](O)COc2ccc([C@H]3NC(=O)NC(C)=C3C(=O)OC)cc2OCC)ccc1OCc1ccc(Cl)cc1Cl. The molecule has 0 bridgehead atoms. The number of methoxy groups -OCH3 is 1. The predicted molar refractivity (Wildman–Crippen MR) is 180 cm³/mol. The molecule has 3 aromatic carbocycles. The number of rotatable bonds is 15. The van der Waals surface area contributed by atoms with Crippen molar-refractivity contribution in [1.82, 2.24) is 16.1 Å². The lowest BCUT2D eigenvalue weighted by Crippen LogP contribution is -2.45. The molecule has 13 heteroatoms. The minimum Gasteiger partial charge on any atom is -0.490 e. The van der Waals surface area contributed by atoms with E-state index in [1.807, 2.05) is 31.2 Å². The summed E-state index contributed by atoms with van der Waals surface area (Å²) in [6, 6.07) is 14.6. The molecule has 0 unspecified atom stereocenters. The smallest absolute Gasteiger partial charge is 0.337 e. The summed E-state index contributed by atoms with van der Waals surface area (Å²) in [4.78, 5) is 24.6. The molecule has 4 rings (SSSR count). The van der Waals surface area contributed by atoms with Crippen LogP contribution in [-0.2, 0) is 22.6 Å². The number of esters is 1. The number of aliphatic hydroxyl groups excluding tert-OH is 1. The van der Waals surface area contributed by atoms with Gasteiger partial charge in [-0.3, -0.25) is 5.43 Å². The van der Waals surface area contributed by atoms with E-state index < -0.39 is 24.3 Å². The zero-order chi connectivity index (χ0) is 33.9. The standard InChI is InChI=1S/C34H36Cl2N4O7/c1-5-7-22-14-21(8-12-27(22)46-18-24-9-11-25(35)16-26(24)36)17-37-40-30(41)19-47-28-13-10-23(15-29(28)45-6-2)32-31(33(42)44-4)20(3)38-34(43)39-32/h5,8-17,30,32,40-41H,1,6-7,18-19H2,2-4H3,(H2,38,39,43)/b37-17-/t30-,32-/m1/s1. The molecule has 0 radical (unpaired) electrons. The van der Waals surface area contributed by atoms with Crippen molar-refractivity contribution in [2.45, 2.75) is 39.1 Å². The van der Waals surface area contributed by atoms with Crippen LogP contribution < -0.4 is 30.3 Å². The lowest BCUT2D eigenvalue weighted by molar-refractivity contribution is -0.136. The summed E-state index contributed by atoms with van der Waals surface area (Å²) in [6.07, 6.45) is 2.76. The van der Waals surface area contributed by atoms with E-state index in [1.165, 1.54) is 7.11 Å². The number of aliphatic hydroxyl groups is 1. The fourth-order valence-corrected chi connectivity index (χ4v) is 5.21. The molecule has 0 spiro atoms. The van der Waals surface area contributed by atoms with Crippen LogP contribution in [0.15, 0.2) is 83.6 Å². The van der Waals surface area contributed by atoms with Crippen LogP contribution >= 0.6 is 23.2 Å². The minimum absolute atomic E-state index is 0.158. The Morgan fingerprint density at radius 2 is 1.85 bits per heavy atom. The number of hydrogen-bond donors (Lipinski definition) is 4. The quantitative estimate of drug-likeness (QED) is 0.0517. The third-order valence-corrected chi connectivity index (χ3v) is 7.54. The highest BCUT2D eigenvalue weighted by molar-refractivity contribution is 6.35. The molecule has 248 valence electrons. The van der Waals surface area contributed by atoms with E-state index in [4.69, 9.17) is 42.1 Å². The van der Waals surface area contributed by atoms with E-state index in [-0.39, 0.29) is 18.8 Å². The number of halogens is 2. The number of urea groups is 1. The second kappa shape index (κ2) is 16.7. The van der Waals surface area contributed by atoms with Gasteiger partial charge in [0.15, 0.2) is 17.7 Å². The molecular formula is C34H36Cl2N4O7. The molecule has 0 saturated carbocycles. The lowest BCUT2D eigenvalue weighted by atomic mass is 9.95. The summed E-state index contributed by atoms with van der Waals surface area (Å²) in [6.45, 7) is 7.71. The normalized spacial score (nSPS) is 15.0. The van der Waals surface area contributed by atoms with Gasteiger partial charge in [-0.25, -0.2) is 9.59 Å². The van der Waals surface area contributed by atoms with Crippen molar-refractivity contribution in [3.63, 3.8) is 0 Å². The number of allylic oxidation sites excluding steroid dienone is 2. The summed E-state index contributed by atoms with van der Waals surface area (Å²) < 4.78 is 22.5. The molecule has 2 atom stereocenters. The third-order valence-electron chi connectivity index (χ3n) is 6.96. The van der Waals surface area contributed by atoms with Gasteiger partial charge in [-0.05, 0) is 79.4 Å². The van der Waals surface area contributed by atoms with E-state index in [0.717, 1.165) is 16.7 Å². The molecule has 1 heterocycles. The summed E-state index contributed by atoms with van der Waals surface area (Å²) in [5.74, 6) is 0.825. The monoisotopic (exact) mass is 682 g/mol. The Balaban J connectivity index is 1.38. The van der Waals surface area contributed by atoms with Crippen LogP contribution in [0, 0.1) is 0 Å². The van der Waals surface area contributed by atoms with Crippen LogP contribution in [-0.4, -0.2) is 49.9 Å². The van der Waals surface area contributed by atoms with Gasteiger partial charge in [-0.15, -0.1) is 6.58 Å². The first-order chi connectivity index (χ1) is 22.6. The second-order valence-corrected chi connectivity index (χ2v) is 11.1. The van der Waals surface area contributed by atoms with Crippen LogP contribution in [0.4, 0.5) is 4.79 Å². The van der Waals surface area contributed by atoms with Crippen molar-refractivity contribution < 1.29 is 33.6 Å². The van der Waals surface area contributed by atoms with E-state index in [2.05, 4.69) is 27.7 Å². The summed E-state index contributed by atoms with van der Waals surface area (Å²) >= 11 is 12.3. The van der Waals surface area contributed by atoms with E-state index in [9.17, 15) is 14.7 Å². The molecular weight excluding hydrogens is 647 g/mol. The van der Waals surface area contributed by atoms with Crippen molar-refractivity contribution in [2.75, 3.05) is 20.3 Å². The Kier molecular flexibility index (Phi) is 12.5. The maximum absolute atomic E-state index is 12.5. The molecule has 0 aromatic heterocycles. The molecule has 0 saturated heterocycles. The molecule has 47 heavy (non-hydrogen) atoms. The van der Waals surface area contributed by atoms with Crippen molar-refractivity contribution in [3.05, 3.63) is 111 Å². The first-order valence-corrected chi connectivity index (χ1v) is 15.4. The zero-order valence-electron chi connectivity index (χ0n) is 26.1. The average Bonchev–Trinajstić information content (AvgIpc) is 3.04. The Hall–Kier alpha value is -4.71. The van der Waals surface area contributed by atoms with Gasteiger partial charge in [-0.2, -0.15) is 5.10 Å². The van der Waals surface area contributed by atoms with Crippen molar-refractivity contribution in [3.8, 4) is 17.2 Å². The topological polar surface area (TPSA) is 140 Å². The molecule has 3 aromatic rings. The maximum Gasteiger partial charge on any atom is 0.337 e. The van der Waals surface area contributed by atoms with Crippen LogP contribution in [0.3, 0.4) is 0 Å². The van der Waals surface area contributed by atoms with Crippen LogP contribution in [0.1, 0.15) is 42.1 Å². The van der Waals surface area contributed by atoms with E-state index >= 15 is 0 Å². The van der Waals surface area contributed by atoms with Crippen LogP contribution in [0.25, 0.3) is 0 Å². The average molecular weight is 684 g/mol. The van der Waals surface area contributed by atoms with Crippen molar-refractivity contribution >= 4 is 41.4 Å².